The molecule has 0 radical (unpaired) electrons. The van der Waals surface area contributed by atoms with Gasteiger partial charge in [0.2, 0.25) is 0 Å². The number of ether oxygens (including phenoxy) is 1. The minimum absolute atomic E-state index is 0. The number of likely N-dealkylation sites (tertiary alicyclic amines) is 1. The van der Waals surface area contributed by atoms with E-state index in [0.29, 0.717) is 43.5 Å². The zero-order valence-corrected chi connectivity index (χ0v) is 20.1. The molecule has 0 atom stereocenters. The van der Waals surface area contributed by atoms with Gasteiger partial charge in [0.05, 0.1) is 0 Å². The van der Waals surface area contributed by atoms with Crippen LogP contribution in [0.1, 0.15) is 47.3 Å². The monoisotopic (exact) mass is 488 g/mol. The molecule has 2 N–H and O–H groups in total. The molecule has 2 aromatic carbocycles. The fourth-order valence-corrected chi connectivity index (χ4v) is 4.15. The number of hydrogen-bond donors (Lipinski definition) is 2. The molecule has 0 saturated carbocycles. The van der Waals surface area contributed by atoms with Gasteiger partial charge < -0.3 is 20.3 Å². The Morgan fingerprint density at radius 3 is 2.50 bits per heavy atom. The van der Waals surface area contributed by atoms with Crippen LogP contribution in [-0.2, 0) is 17.9 Å². The summed E-state index contributed by atoms with van der Waals surface area (Å²) >= 11 is 0. The number of carbonyl (C=O) groups is 2. The number of hydrogen-bond acceptors (Lipinski definition) is 5. The fourth-order valence-electron chi connectivity index (χ4n) is 4.15. The summed E-state index contributed by atoms with van der Waals surface area (Å²) in [5, 5.41) is 6.32. The number of aromatic nitrogens is 1. The summed E-state index contributed by atoms with van der Waals surface area (Å²) in [6.07, 6.45) is 3.03. The van der Waals surface area contributed by atoms with Crippen LogP contribution in [0.4, 0.5) is 10.6 Å². The molecule has 0 aliphatic carbocycles. The van der Waals surface area contributed by atoms with Crippen molar-refractivity contribution in [2.24, 2.45) is 5.92 Å². The van der Waals surface area contributed by atoms with Gasteiger partial charge in [0.15, 0.2) is 0 Å². The number of piperidine rings is 1. The maximum absolute atomic E-state index is 12.7. The Balaban J connectivity index is 0.00000361. The van der Waals surface area contributed by atoms with Crippen LogP contribution in [-0.4, -0.2) is 41.5 Å². The highest BCUT2D eigenvalue weighted by molar-refractivity contribution is 5.94. The number of aryl methyl sites for hydroxylation is 1. The van der Waals surface area contributed by atoms with Crippen LogP contribution in [0, 0.1) is 12.8 Å². The van der Waals surface area contributed by atoms with E-state index in [9.17, 15) is 9.59 Å². The second-order valence-corrected chi connectivity index (χ2v) is 8.95. The highest BCUT2D eigenvalue weighted by Gasteiger charge is 2.24. The van der Waals surface area contributed by atoms with Crippen molar-refractivity contribution in [1.82, 2.24) is 15.2 Å². The van der Waals surface area contributed by atoms with Crippen molar-refractivity contribution in [2.45, 2.75) is 40.3 Å². The zero-order chi connectivity index (χ0) is 24.5. The molecule has 1 saturated heterocycles. The minimum atomic E-state index is -0.279. The van der Waals surface area contributed by atoms with Gasteiger partial charge in [-0.2, -0.15) is 0 Å². The smallest absolute Gasteiger partial charge is 0.410 e. The molecule has 0 unspecified atom stereocenters. The highest BCUT2D eigenvalue weighted by Crippen LogP contribution is 2.18. The van der Waals surface area contributed by atoms with Crippen molar-refractivity contribution in [2.75, 3.05) is 25.0 Å². The lowest BCUT2D eigenvalue weighted by Gasteiger charge is -2.31. The molecule has 0 bridgehead atoms. The standard InChI is InChI=1S/C28H32N4O3.CH4/c1-21-6-5-9-24(16-21)19-30-26-17-25(10-13-29-26)27(33)31-18-22-11-14-32(15-12-22)28(34)35-20-23-7-3-2-4-8-23;/h2-10,13,16-17,22H,11-12,14-15,18-20H2,1H3,(H,29,30)(H,31,33);1H4. The lowest BCUT2D eigenvalue weighted by molar-refractivity contribution is 0.0801. The molecule has 1 fully saturated rings. The summed E-state index contributed by atoms with van der Waals surface area (Å²) in [7, 11) is 0. The predicted molar refractivity (Wildman–Crippen MR) is 143 cm³/mol. The van der Waals surface area contributed by atoms with Gasteiger partial charge in [0.1, 0.15) is 12.4 Å². The highest BCUT2D eigenvalue weighted by atomic mass is 16.6. The summed E-state index contributed by atoms with van der Waals surface area (Å²) in [5.41, 5.74) is 3.92. The Kier molecular flexibility index (Phi) is 9.86. The summed E-state index contributed by atoms with van der Waals surface area (Å²) < 4.78 is 5.43. The second-order valence-electron chi connectivity index (χ2n) is 8.95. The van der Waals surface area contributed by atoms with Gasteiger partial charge in [-0.05, 0) is 48.9 Å². The van der Waals surface area contributed by atoms with E-state index in [1.165, 1.54) is 5.56 Å². The molecule has 1 aliphatic rings. The molecule has 4 rings (SSSR count). The summed E-state index contributed by atoms with van der Waals surface area (Å²) in [6, 6.07) is 21.4. The first kappa shape index (κ1) is 26.7. The Hall–Kier alpha value is -3.87. The van der Waals surface area contributed by atoms with E-state index in [2.05, 4.69) is 40.7 Å². The van der Waals surface area contributed by atoms with Gasteiger partial charge in [-0.15, -0.1) is 0 Å². The first-order chi connectivity index (χ1) is 17.1. The van der Waals surface area contributed by atoms with Crippen LogP contribution in [0.5, 0.6) is 0 Å². The summed E-state index contributed by atoms with van der Waals surface area (Å²) in [4.78, 5) is 31.1. The van der Waals surface area contributed by atoms with Gasteiger partial charge in [-0.1, -0.05) is 67.6 Å². The Morgan fingerprint density at radius 1 is 1.00 bits per heavy atom. The number of pyridine rings is 1. The molecule has 3 aromatic rings. The van der Waals surface area contributed by atoms with Crippen LogP contribution < -0.4 is 10.6 Å². The quantitative estimate of drug-likeness (QED) is 0.443. The third-order valence-electron chi connectivity index (χ3n) is 6.21. The minimum Gasteiger partial charge on any atom is -0.445 e. The van der Waals surface area contributed by atoms with E-state index >= 15 is 0 Å². The average molecular weight is 489 g/mol. The predicted octanol–water partition coefficient (Wildman–Crippen LogP) is 5.42. The third kappa shape index (κ3) is 7.83. The Morgan fingerprint density at radius 2 is 1.75 bits per heavy atom. The Bertz CT molecular complexity index is 1130. The van der Waals surface area contributed by atoms with E-state index in [1.54, 1.807) is 23.2 Å². The molecule has 190 valence electrons. The topological polar surface area (TPSA) is 83.6 Å². The largest absolute Gasteiger partial charge is 0.445 e. The van der Waals surface area contributed by atoms with Crippen LogP contribution >= 0.6 is 0 Å². The van der Waals surface area contributed by atoms with Crippen LogP contribution in [0.3, 0.4) is 0 Å². The van der Waals surface area contributed by atoms with Gasteiger partial charge in [0, 0.05) is 37.9 Å². The van der Waals surface area contributed by atoms with Crippen molar-refractivity contribution in [1.29, 1.82) is 0 Å². The Labute approximate surface area is 213 Å². The van der Waals surface area contributed by atoms with Crippen LogP contribution in [0.2, 0.25) is 0 Å². The van der Waals surface area contributed by atoms with Gasteiger partial charge in [-0.25, -0.2) is 9.78 Å². The van der Waals surface area contributed by atoms with E-state index in [-0.39, 0.29) is 26.0 Å². The zero-order valence-electron chi connectivity index (χ0n) is 20.1. The molecule has 2 amide bonds. The molecule has 1 aliphatic heterocycles. The number of anilines is 1. The third-order valence-corrected chi connectivity index (χ3v) is 6.21. The van der Waals surface area contributed by atoms with Crippen molar-refractivity contribution in [3.63, 3.8) is 0 Å². The molecule has 1 aromatic heterocycles. The number of amides is 2. The second kappa shape index (κ2) is 13.3. The lowest BCUT2D eigenvalue weighted by Crippen LogP contribution is -2.41. The van der Waals surface area contributed by atoms with Gasteiger partial charge in [-0.3, -0.25) is 4.79 Å². The molecule has 0 spiro atoms. The first-order valence-corrected chi connectivity index (χ1v) is 12.1. The van der Waals surface area contributed by atoms with E-state index in [4.69, 9.17) is 4.74 Å². The van der Waals surface area contributed by atoms with Gasteiger partial charge >= 0.3 is 6.09 Å². The fraction of sp³-hybridized carbons (Fsp3) is 0.345. The average Bonchev–Trinajstić information content (AvgIpc) is 2.90. The van der Waals surface area contributed by atoms with Crippen LogP contribution in [0.15, 0.2) is 72.9 Å². The molecular weight excluding hydrogens is 452 g/mol. The number of nitrogens with zero attached hydrogens (tertiary/aromatic N) is 2. The molecule has 36 heavy (non-hydrogen) atoms. The molecular formula is C29H36N4O3. The molecule has 7 nitrogen and oxygen atoms in total. The maximum Gasteiger partial charge on any atom is 0.410 e. The van der Waals surface area contributed by atoms with Crippen molar-refractivity contribution in [3.05, 3.63) is 95.2 Å². The maximum atomic E-state index is 12.7. The van der Waals surface area contributed by atoms with Crippen molar-refractivity contribution >= 4 is 17.8 Å². The SMILES string of the molecule is C.Cc1cccc(CNc2cc(C(=O)NCC3CCN(C(=O)OCc4ccccc4)CC3)ccn2)c1. The van der Waals surface area contributed by atoms with Gasteiger partial charge in [0.25, 0.3) is 5.91 Å². The first-order valence-electron chi connectivity index (χ1n) is 12.1. The summed E-state index contributed by atoms with van der Waals surface area (Å²) in [6.45, 7) is 4.84. The number of carbonyl (C=O) groups excluding carboxylic acids is 2. The lowest BCUT2D eigenvalue weighted by atomic mass is 9.97. The number of rotatable bonds is 8. The molecule has 7 heteroatoms. The van der Waals surface area contributed by atoms with Crippen molar-refractivity contribution < 1.29 is 14.3 Å². The van der Waals surface area contributed by atoms with Crippen molar-refractivity contribution in [3.8, 4) is 0 Å². The van der Waals surface area contributed by atoms with Crippen LogP contribution in [0.25, 0.3) is 0 Å². The van der Waals surface area contributed by atoms with E-state index in [0.717, 1.165) is 24.0 Å². The summed E-state index contributed by atoms with van der Waals surface area (Å²) in [5.74, 6) is 0.884. The number of benzene rings is 2. The van der Waals surface area contributed by atoms with E-state index < -0.39 is 0 Å². The number of nitrogens with one attached hydrogen (secondary N) is 2. The normalized spacial score (nSPS) is 13.4. The van der Waals surface area contributed by atoms with E-state index in [1.807, 2.05) is 36.4 Å². The molecule has 2 heterocycles.